The Bertz CT molecular complexity index is 683. The Hall–Kier alpha value is -1.88. The van der Waals surface area contributed by atoms with E-state index < -0.39 is 0 Å². The van der Waals surface area contributed by atoms with Crippen molar-refractivity contribution < 1.29 is 4.74 Å². The van der Waals surface area contributed by atoms with Crippen LogP contribution in [0.5, 0.6) is 11.5 Å². The van der Waals surface area contributed by atoms with Crippen molar-refractivity contribution in [2.45, 2.75) is 20.8 Å². The van der Waals surface area contributed by atoms with Crippen LogP contribution in [0.3, 0.4) is 0 Å². The van der Waals surface area contributed by atoms with Crippen molar-refractivity contribution >= 4 is 21.8 Å². The molecule has 0 amide bonds. The Labute approximate surface area is 126 Å². The Kier molecular flexibility index (Phi) is 4.09. The molecule has 0 spiro atoms. The zero-order valence-corrected chi connectivity index (χ0v) is 13.2. The molecule has 0 unspecified atom stereocenters. The number of benzene rings is 1. The molecule has 0 radical (unpaired) electrons. The third kappa shape index (κ3) is 2.99. The molecule has 3 N–H and O–H groups in total. The molecule has 1 aromatic heterocycles. The fraction of sp³-hybridized carbons (Fsp3) is 0.200. The maximum Gasteiger partial charge on any atom is 0.142 e. The van der Waals surface area contributed by atoms with Crippen LogP contribution in [0.4, 0.5) is 0 Å². The maximum atomic E-state index is 7.69. The summed E-state index contributed by atoms with van der Waals surface area (Å²) in [5, 5.41) is 7.69. The average Bonchev–Trinajstić information content (AvgIpc) is 2.31. The number of aromatic nitrogens is 1. The molecule has 0 saturated heterocycles. The topological polar surface area (TPSA) is 72.0 Å². The largest absolute Gasteiger partial charge is 0.455 e. The smallest absolute Gasteiger partial charge is 0.142 e. The highest BCUT2D eigenvalue weighted by molar-refractivity contribution is 9.10. The summed E-state index contributed by atoms with van der Waals surface area (Å²) >= 11 is 3.48. The number of halogens is 1. The van der Waals surface area contributed by atoms with E-state index in [0.29, 0.717) is 22.8 Å². The number of hydrogen-bond donors (Lipinski definition) is 2. The van der Waals surface area contributed by atoms with Crippen LogP contribution in [0.1, 0.15) is 22.5 Å². The van der Waals surface area contributed by atoms with E-state index in [0.717, 1.165) is 15.7 Å². The van der Waals surface area contributed by atoms with Crippen LogP contribution in [0, 0.1) is 26.2 Å². The molecule has 0 aliphatic rings. The Morgan fingerprint density at radius 3 is 2.50 bits per heavy atom. The lowest BCUT2D eigenvalue weighted by atomic mass is 10.1. The Morgan fingerprint density at radius 1 is 1.20 bits per heavy atom. The van der Waals surface area contributed by atoms with Gasteiger partial charge < -0.3 is 10.5 Å². The summed E-state index contributed by atoms with van der Waals surface area (Å²) < 4.78 is 6.77. The van der Waals surface area contributed by atoms with E-state index in [-0.39, 0.29) is 5.84 Å². The fourth-order valence-corrected chi connectivity index (χ4v) is 2.58. The molecule has 2 aromatic rings. The maximum absolute atomic E-state index is 7.69. The van der Waals surface area contributed by atoms with E-state index in [2.05, 4.69) is 20.9 Å². The van der Waals surface area contributed by atoms with Gasteiger partial charge in [0.05, 0.1) is 15.7 Å². The van der Waals surface area contributed by atoms with Gasteiger partial charge in [-0.25, -0.2) is 0 Å². The molecule has 4 nitrogen and oxygen atoms in total. The lowest BCUT2D eigenvalue weighted by Gasteiger charge is -2.14. The third-order valence-electron chi connectivity index (χ3n) is 2.87. The molecule has 1 heterocycles. The molecule has 0 aliphatic carbocycles. The first-order chi connectivity index (χ1) is 9.38. The summed E-state index contributed by atoms with van der Waals surface area (Å²) in [5.74, 6) is 1.18. The zero-order chi connectivity index (χ0) is 14.9. The van der Waals surface area contributed by atoms with Gasteiger partial charge in [0.2, 0.25) is 0 Å². The Balaban J connectivity index is 2.50. The molecule has 20 heavy (non-hydrogen) atoms. The van der Waals surface area contributed by atoms with Crippen LogP contribution in [-0.2, 0) is 0 Å². The van der Waals surface area contributed by atoms with Gasteiger partial charge in [-0.15, -0.1) is 0 Å². The molecule has 0 atom stereocenters. The van der Waals surface area contributed by atoms with Crippen LogP contribution in [0.2, 0.25) is 0 Å². The van der Waals surface area contributed by atoms with Gasteiger partial charge in [0.1, 0.15) is 17.3 Å². The molecule has 0 saturated carbocycles. The second kappa shape index (κ2) is 5.63. The van der Waals surface area contributed by atoms with Crippen LogP contribution in [-0.4, -0.2) is 10.8 Å². The minimum atomic E-state index is -0.0479. The number of nitrogen functional groups attached to an aromatic ring is 1. The number of nitrogens with one attached hydrogen (secondary N) is 1. The molecule has 5 heteroatoms. The number of amidine groups is 1. The number of nitrogens with two attached hydrogens (primary N) is 1. The molecule has 1 aromatic carbocycles. The van der Waals surface area contributed by atoms with E-state index in [9.17, 15) is 0 Å². The van der Waals surface area contributed by atoms with Crippen molar-refractivity contribution in [3.63, 3.8) is 0 Å². The number of aryl methyl sites for hydroxylation is 3. The highest BCUT2D eigenvalue weighted by Gasteiger charge is 2.14. The fourth-order valence-electron chi connectivity index (χ4n) is 2.01. The lowest BCUT2D eigenvalue weighted by Crippen LogP contribution is -2.15. The normalized spacial score (nSPS) is 10.4. The van der Waals surface area contributed by atoms with Crippen molar-refractivity contribution in [1.29, 1.82) is 5.41 Å². The van der Waals surface area contributed by atoms with Crippen LogP contribution in [0.15, 0.2) is 28.7 Å². The van der Waals surface area contributed by atoms with Crippen molar-refractivity contribution in [1.82, 2.24) is 4.98 Å². The van der Waals surface area contributed by atoms with Gasteiger partial charge in [-0.1, -0.05) is 6.07 Å². The Morgan fingerprint density at radius 2 is 1.90 bits per heavy atom. The molecular formula is C15H16BrN3O. The van der Waals surface area contributed by atoms with Gasteiger partial charge in [0.25, 0.3) is 0 Å². The van der Waals surface area contributed by atoms with Gasteiger partial charge in [0.15, 0.2) is 0 Å². The van der Waals surface area contributed by atoms with Crippen molar-refractivity contribution in [2.75, 3.05) is 0 Å². The van der Waals surface area contributed by atoms with Crippen molar-refractivity contribution in [3.05, 3.63) is 51.3 Å². The van der Waals surface area contributed by atoms with Gasteiger partial charge in [-0.2, -0.15) is 0 Å². The summed E-state index contributed by atoms with van der Waals surface area (Å²) in [6, 6.07) is 7.61. The first-order valence-corrected chi connectivity index (χ1v) is 6.94. The van der Waals surface area contributed by atoms with Crippen LogP contribution in [0.25, 0.3) is 0 Å². The summed E-state index contributed by atoms with van der Waals surface area (Å²) in [4.78, 5) is 4.32. The second-order valence-electron chi connectivity index (χ2n) is 4.67. The van der Waals surface area contributed by atoms with E-state index in [1.807, 2.05) is 39.0 Å². The molecule has 0 bridgehead atoms. The summed E-state index contributed by atoms with van der Waals surface area (Å²) in [7, 11) is 0. The highest BCUT2D eigenvalue weighted by Crippen LogP contribution is 2.33. The monoisotopic (exact) mass is 333 g/mol. The average molecular weight is 334 g/mol. The summed E-state index contributed by atoms with van der Waals surface area (Å²) in [6.45, 7) is 5.71. The number of pyridine rings is 1. The molecule has 2 rings (SSSR count). The molecule has 0 fully saturated rings. The summed E-state index contributed by atoms with van der Waals surface area (Å²) in [5.41, 5.74) is 8.82. The SMILES string of the molecule is Cc1ccc(Oc2cc(C)nc(C)c2C(=N)N)c(Br)c1. The van der Waals surface area contributed by atoms with Crippen molar-refractivity contribution in [3.8, 4) is 11.5 Å². The predicted octanol–water partition coefficient (Wildman–Crippen LogP) is 3.85. The molecule has 0 aliphatic heterocycles. The molecule has 104 valence electrons. The van der Waals surface area contributed by atoms with Gasteiger partial charge >= 0.3 is 0 Å². The zero-order valence-electron chi connectivity index (χ0n) is 11.6. The minimum absolute atomic E-state index is 0.0479. The quantitative estimate of drug-likeness (QED) is 0.662. The highest BCUT2D eigenvalue weighted by atomic mass is 79.9. The summed E-state index contributed by atoms with van der Waals surface area (Å²) in [6.07, 6.45) is 0. The van der Waals surface area contributed by atoms with Gasteiger partial charge in [-0.05, 0) is 54.4 Å². The minimum Gasteiger partial charge on any atom is -0.455 e. The number of rotatable bonds is 3. The number of nitrogens with zero attached hydrogens (tertiary/aromatic N) is 1. The standard InChI is InChI=1S/C15H16BrN3O/c1-8-4-5-12(11(16)6-8)20-13-7-9(2)19-10(3)14(13)15(17)18/h4-7H,1-3H3,(H3,17,18). The third-order valence-corrected chi connectivity index (χ3v) is 3.49. The molecular weight excluding hydrogens is 318 g/mol. The van der Waals surface area contributed by atoms with E-state index >= 15 is 0 Å². The second-order valence-corrected chi connectivity index (χ2v) is 5.53. The predicted molar refractivity (Wildman–Crippen MR) is 83.7 cm³/mol. The number of hydrogen-bond acceptors (Lipinski definition) is 3. The van der Waals surface area contributed by atoms with Crippen molar-refractivity contribution in [2.24, 2.45) is 5.73 Å². The van der Waals surface area contributed by atoms with E-state index in [4.69, 9.17) is 15.9 Å². The van der Waals surface area contributed by atoms with Crippen LogP contribution < -0.4 is 10.5 Å². The first kappa shape index (κ1) is 14.5. The van der Waals surface area contributed by atoms with E-state index in [1.54, 1.807) is 6.07 Å². The first-order valence-electron chi connectivity index (χ1n) is 6.15. The van der Waals surface area contributed by atoms with Gasteiger partial charge in [0, 0.05) is 11.8 Å². The van der Waals surface area contributed by atoms with Gasteiger partial charge in [-0.3, -0.25) is 10.4 Å². The number of ether oxygens (including phenoxy) is 1. The lowest BCUT2D eigenvalue weighted by molar-refractivity contribution is 0.476. The van der Waals surface area contributed by atoms with E-state index in [1.165, 1.54) is 0 Å². The van der Waals surface area contributed by atoms with Crippen LogP contribution >= 0.6 is 15.9 Å².